The predicted molar refractivity (Wildman–Crippen MR) is 68.2 cm³/mol. The van der Waals surface area contributed by atoms with Gasteiger partial charge in [-0.2, -0.15) is 5.10 Å². The van der Waals surface area contributed by atoms with Gasteiger partial charge >= 0.3 is 0 Å². The molecule has 0 aliphatic heterocycles. The van der Waals surface area contributed by atoms with Crippen LogP contribution in [0, 0.1) is 13.8 Å². The van der Waals surface area contributed by atoms with Gasteiger partial charge in [0.25, 0.3) is 0 Å². The summed E-state index contributed by atoms with van der Waals surface area (Å²) < 4.78 is 0. The summed E-state index contributed by atoms with van der Waals surface area (Å²) in [5, 5.41) is 20.1. The number of nitrogens with zero attached hydrogens (tertiary/aromatic N) is 1. The van der Waals surface area contributed by atoms with E-state index in [1.165, 1.54) is 0 Å². The van der Waals surface area contributed by atoms with Gasteiger partial charge in [0.15, 0.2) is 0 Å². The summed E-state index contributed by atoms with van der Waals surface area (Å²) in [7, 11) is 0. The number of aromatic hydroxyl groups is 1. The first kappa shape index (κ1) is 11.5. The van der Waals surface area contributed by atoms with Crippen LogP contribution in [-0.4, -0.2) is 15.3 Å². The Morgan fingerprint density at radius 1 is 1.29 bits per heavy atom. The summed E-state index contributed by atoms with van der Waals surface area (Å²) in [6.45, 7) is 5.85. The van der Waals surface area contributed by atoms with Gasteiger partial charge in [0.05, 0.1) is 11.7 Å². The third kappa shape index (κ3) is 2.25. The number of benzene rings is 1. The molecule has 1 aromatic heterocycles. The molecule has 0 fully saturated rings. The minimum Gasteiger partial charge on any atom is -0.507 e. The first-order valence-electron chi connectivity index (χ1n) is 5.64. The van der Waals surface area contributed by atoms with Crippen LogP contribution in [0.25, 0.3) is 0 Å². The van der Waals surface area contributed by atoms with Gasteiger partial charge in [-0.1, -0.05) is 6.07 Å². The van der Waals surface area contributed by atoms with E-state index < -0.39 is 0 Å². The molecule has 0 aliphatic carbocycles. The fourth-order valence-electron chi connectivity index (χ4n) is 1.81. The molecule has 0 saturated heterocycles. The number of phenols is 1. The van der Waals surface area contributed by atoms with Gasteiger partial charge in [-0.15, -0.1) is 0 Å². The molecule has 17 heavy (non-hydrogen) atoms. The fraction of sp³-hybridized carbons (Fsp3) is 0.308. The van der Waals surface area contributed by atoms with E-state index in [4.69, 9.17) is 0 Å². The van der Waals surface area contributed by atoms with E-state index in [2.05, 4.69) is 15.5 Å². The monoisotopic (exact) mass is 231 g/mol. The van der Waals surface area contributed by atoms with Crippen molar-refractivity contribution in [1.29, 1.82) is 0 Å². The van der Waals surface area contributed by atoms with Gasteiger partial charge in [0, 0.05) is 17.4 Å². The van der Waals surface area contributed by atoms with Crippen LogP contribution in [0.5, 0.6) is 5.75 Å². The van der Waals surface area contributed by atoms with E-state index in [1.54, 1.807) is 6.20 Å². The SMILES string of the molecule is Cc1ccc(NC(C)c2ccn[nH]2)c(C)c1O. The van der Waals surface area contributed by atoms with Crippen molar-refractivity contribution in [3.8, 4) is 5.75 Å². The minimum absolute atomic E-state index is 0.123. The molecule has 2 rings (SSSR count). The summed E-state index contributed by atoms with van der Waals surface area (Å²) in [6, 6.07) is 5.95. The Morgan fingerprint density at radius 2 is 2.06 bits per heavy atom. The second-order valence-corrected chi connectivity index (χ2v) is 4.28. The maximum Gasteiger partial charge on any atom is 0.123 e. The highest BCUT2D eigenvalue weighted by Crippen LogP contribution is 2.30. The van der Waals surface area contributed by atoms with Crippen LogP contribution in [-0.2, 0) is 0 Å². The maximum absolute atomic E-state index is 9.87. The predicted octanol–water partition coefficient (Wildman–Crippen LogP) is 2.91. The lowest BCUT2D eigenvalue weighted by molar-refractivity contribution is 0.467. The Morgan fingerprint density at radius 3 is 2.71 bits per heavy atom. The molecule has 4 heteroatoms. The molecule has 1 heterocycles. The van der Waals surface area contributed by atoms with Crippen molar-refractivity contribution in [2.24, 2.45) is 0 Å². The lowest BCUT2D eigenvalue weighted by Crippen LogP contribution is -2.08. The highest BCUT2D eigenvalue weighted by atomic mass is 16.3. The molecule has 1 atom stereocenters. The molecule has 4 nitrogen and oxygen atoms in total. The van der Waals surface area contributed by atoms with E-state index in [9.17, 15) is 5.11 Å². The minimum atomic E-state index is 0.123. The molecule has 1 unspecified atom stereocenters. The lowest BCUT2D eigenvalue weighted by Gasteiger charge is -2.17. The summed E-state index contributed by atoms with van der Waals surface area (Å²) in [5.74, 6) is 0.354. The average molecular weight is 231 g/mol. The standard InChI is InChI=1S/C13H17N3O/c1-8-4-5-11(9(2)13(8)17)15-10(3)12-6-7-14-16-12/h4-7,10,15,17H,1-3H3,(H,14,16). The largest absolute Gasteiger partial charge is 0.507 e. The third-order valence-electron chi connectivity index (χ3n) is 2.99. The molecular weight excluding hydrogens is 214 g/mol. The summed E-state index contributed by atoms with van der Waals surface area (Å²) in [5.41, 5.74) is 3.72. The highest BCUT2D eigenvalue weighted by Gasteiger charge is 2.10. The Bertz CT molecular complexity index is 506. The number of aromatic nitrogens is 2. The van der Waals surface area contributed by atoms with Crippen LogP contribution in [0.4, 0.5) is 5.69 Å². The van der Waals surface area contributed by atoms with Crippen molar-refractivity contribution in [2.45, 2.75) is 26.8 Å². The van der Waals surface area contributed by atoms with Crippen LogP contribution in [0.15, 0.2) is 24.4 Å². The number of aromatic amines is 1. The zero-order chi connectivity index (χ0) is 12.4. The molecule has 1 aromatic carbocycles. The molecule has 0 spiro atoms. The normalized spacial score (nSPS) is 12.4. The van der Waals surface area contributed by atoms with Gasteiger partial charge in [0.2, 0.25) is 0 Å². The van der Waals surface area contributed by atoms with Gasteiger partial charge in [-0.3, -0.25) is 5.10 Å². The molecule has 0 aliphatic rings. The second-order valence-electron chi connectivity index (χ2n) is 4.28. The van der Waals surface area contributed by atoms with Gasteiger partial charge < -0.3 is 10.4 Å². The number of nitrogens with one attached hydrogen (secondary N) is 2. The molecule has 2 aromatic rings. The van der Waals surface area contributed by atoms with E-state index in [0.717, 1.165) is 22.5 Å². The summed E-state index contributed by atoms with van der Waals surface area (Å²) >= 11 is 0. The fourth-order valence-corrected chi connectivity index (χ4v) is 1.81. The van der Waals surface area contributed by atoms with E-state index >= 15 is 0 Å². The lowest BCUT2D eigenvalue weighted by atomic mass is 10.1. The van der Waals surface area contributed by atoms with E-state index in [0.29, 0.717) is 5.75 Å². The van der Waals surface area contributed by atoms with Gasteiger partial charge in [-0.05, 0) is 38.5 Å². The van der Waals surface area contributed by atoms with Crippen molar-refractivity contribution in [3.05, 3.63) is 41.2 Å². The molecule has 0 radical (unpaired) electrons. The number of hydrogen-bond acceptors (Lipinski definition) is 3. The Kier molecular flexibility index (Phi) is 3.04. The van der Waals surface area contributed by atoms with Crippen molar-refractivity contribution in [2.75, 3.05) is 5.32 Å². The molecule has 0 bridgehead atoms. The second kappa shape index (κ2) is 4.49. The zero-order valence-electron chi connectivity index (χ0n) is 10.3. The average Bonchev–Trinajstić information content (AvgIpc) is 2.83. The number of phenolic OH excluding ortho intramolecular Hbond substituents is 1. The van der Waals surface area contributed by atoms with Crippen LogP contribution in [0.1, 0.15) is 29.8 Å². The molecule has 0 amide bonds. The molecule has 0 saturated carbocycles. The van der Waals surface area contributed by atoms with Crippen molar-refractivity contribution < 1.29 is 5.11 Å². The number of hydrogen-bond donors (Lipinski definition) is 3. The Hall–Kier alpha value is -1.97. The number of aryl methyl sites for hydroxylation is 1. The summed E-state index contributed by atoms with van der Waals surface area (Å²) in [4.78, 5) is 0. The Balaban J connectivity index is 2.22. The smallest absolute Gasteiger partial charge is 0.123 e. The quantitative estimate of drug-likeness (QED) is 0.761. The van der Waals surface area contributed by atoms with Crippen molar-refractivity contribution >= 4 is 5.69 Å². The van der Waals surface area contributed by atoms with Crippen molar-refractivity contribution in [1.82, 2.24) is 10.2 Å². The number of H-pyrrole nitrogens is 1. The van der Waals surface area contributed by atoms with Crippen LogP contribution >= 0.6 is 0 Å². The van der Waals surface area contributed by atoms with Crippen LogP contribution < -0.4 is 5.32 Å². The topological polar surface area (TPSA) is 60.9 Å². The molecule has 3 N–H and O–H groups in total. The van der Waals surface area contributed by atoms with E-state index in [-0.39, 0.29) is 6.04 Å². The number of anilines is 1. The van der Waals surface area contributed by atoms with Crippen LogP contribution in [0.2, 0.25) is 0 Å². The zero-order valence-corrected chi connectivity index (χ0v) is 10.3. The van der Waals surface area contributed by atoms with Gasteiger partial charge in [0.1, 0.15) is 5.75 Å². The van der Waals surface area contributed by atoms with Gasteiger partial charge in [-0.25, -0.2) is 0 Å². The molecular formula is C13H17N3O. The summed E-state index contributed by atoms with van der Waals surface area (Å²) in [6.07, 6.45) is 1.73. The Labute approximate surface area is 101 Å². The number of rotatable bonds is 3. The van der Waals surface area contributed by atoms with E-state index in [1.807, 2.05) is 39.0 Å². The third-order valence-corrected chi connectivity index (χ3v) is 2.99. The highest BCUT2D eigenvalue weighted by molar-refractivity contribution is 5.59. The molecule has 90 valence electrons. The van der Waals surface area contributed by atoms with Crippen LogP contribution in [0.3, 0.4) is 0 Å². The first-order chi connectivity index (χ1) is 8.09. The van der Waals surface area contributed by atoms with Crippen molar-refractivity contribution in [3.63, 3.8) is 0 Å². The first-order valence-corrected chi connectivity index (χ1v) is 5.64. The maximum atomic E-state index is 9.87.